The van der Waals surface area contributed by atoms with Crippen LogP contribution in [0.5, 0.6) is 5.75 Å². The summed E-state index contributed by atoms with van der Waals surface area (Å²) in [7, 11) is 3.34. The van der Waals surface area contributed by atoms with Gasteiger partial charge < -0.3 is 14.4 Å². The molecule has 0 radical (unpaired) electrons. The van der Waals surface area contributed by atoms with Gasteiger partial charge in [-0.25, -0.2) is 9.18 Å². The Morgan fingerprint density at radius 3 is 2.24 bits per heavy atom. The van der Waals surface area contributed by atoms with Crippen molar-refractivity contribution < 1.29 is 23.5 Å². The molecule has 1 aromatic carbocycles. The maximum absolute atomic E-state index is 12.3. The minimum absolute atomic E-state index is 0.0165. The molecule has 0 saturated carbocycles. The molecule has 0 fully saturated rings. The summed E-state index contributed by atoms with van der Waals surface area (Å²) >= 11 is 0. The molecule has 2 amide bonds. The molecule has 0 heterocycles. The van der Waals surface area contributed by atoms with E-state index in [-0.39, 0.29) is 19.2 Å². The predicted molar refractivity (Wildman–Crippen MR) is 93.1 cm³/mol. The SMILES string of the molecule is CN(C)C(=O)c1ccc(OCN(CC=CF)C(=O)OC(C)(C)C)cc1. The van der Waals surface area contributed by atoms with Gasteiger partial charge in [-0.3, -0.25) is 9.69 Å². The zero-order chi connectivity index (χ0) is 19.0. The zero-order valence-electron chi connectivity index (χ0n) is 15.3. The highest BCUT2D eigenvalue weighted by Gasteiger charge is 2.22. The van der Waals surface area contributed by atoms with E-state index in [4.69, 9.17) is 9.47 Å². The third kappa shape index (κ3) is 7.24. The molecule has 0 aliphatic rings. The number of hydrogen-bond acceptors (Lipinski definition) is 4. The van der Waals surface area contributed by atoms with Crippen molar-refractivity contribution in [3.05, 3.63) is 42.2 Å². The van der Waals surface area contributed by atoms with Crippen molar-refractivity contribution in [1.29, 1.82) is 0 Å². The van der Waals surface area contributed by atoms with Crippen LogP contribution in [0.4, 0.5) is 9.18 Å². The number of hydrogen-bond donors (Lipinski definition) is 0. The minimum atomic E-state index is -0.664. The van der Waals surface area contributed by atoms with E-state index < -0.39 is 11.7 Å². The molecule has 138 valence electrons. The molecule has 25 heavy (non-hydrogen) atoms. The molecule has 0 unspecified atom stereocenters. The average Bonchev–Trinajstić information content (AvgIpc) is 2.53. The van der Waals surface area contributed by atoms with Gasteiger partial charge in [0.25, 0.3) is 5.91 Å². The normalized spacial score (nSPS) is 11.3. The first-order chi connectivity index (χ1) is 11.6. The topological polar surface area (TPSA) is 59.1 Å². The van der Waals surface area contributed by atoms with Crippen LogP contribution < -0.4 is 4.74 Å². The fourth-order valence-electron chi connectivity index (χ4n) is 1.78. The van der Waals surface area contributed by atoms with E-state index in [2.05, 4.69) is 0 Å². The van der Waals surface area contributed by atoms with Crippen LogP contribution in [0.3, 0.4) is 0 Å². The van der Waals surface area contributed by atoms with Crippen LogP contribution in [0.1, 0.15) is 31.1 Å². The second-order valence-corrected chi connectivity index (χ2v) is 6.56. The number of nitrogens with zero attached hydrogens (tertiary/aromatic N) is 2. The van der Waals surface area contributed by atoms with Gasteiger partial charge in [-0.2, -0.15) is 0 Å². The van der Waals surface area contributed by atoms with E-state index >= 15 is 0 Å². The van der Waals surface area contributed by atoms with Crippen LogP contribution >= 0.6 is 0 Å². The highest BCUT2D eigenvalue weighted by molar-refractivity contribution is 5.93. The summed E-state index contributed by atoms with van der Waals surface area (Å²) in [5.41, 5.74) is -0.134. The Balaban J connectivity index is 2.72. The summed E-state index contributed by atoms with van der Waals surface area (Å²) in [6, 6.07) is 6.54. The summed E-state index contributed by atoms with van der Waals surface area (Å²) in [5.74, 6) is 0.364. The summed E-state index contributed by atoms with van der Waals surface area (Å²) in [4.78, 5) is 26.7. The molecule has 1 rings (SSSR count). The van der Waals surface area contributed by atoms with E-state index in [0.29, 0.717) is 17.6 Å². The monoisotopic (exact) mass is 352 g/mol. The molecule has 0 aliphatic heterocycles. The standard InChI is InChI=1S/C18H25FN2O4/c1-18(2,3)25-17(23)21(12-6-11-19)13-24-15-9-7-14(8-10-15)16(22)20(4)5/h6-11H,12-13H2,1-5H3. The molecular weight excluding hydrogens is 327 g/mol. The summed E-state index contributed by atoms with van der Waals surface area (Å²) in [6.07, 6.45) is 0.940. The Bertz CT molecular complexity index is 606. The van der Waals surface area contributed by atoms with Crippen LogP contribution in [-0.4, -0.2) is 54.8 Å². The van der Waals surface area contributed by atoms with Crippen LogP contribution in [0.15, 0.2) is 36.7 Å². The molecule has 6 nitrogen and oxygen atoms in total. The molecule has 0 aliphatic carbocycles. The van der Waals surface area contributed by atoms with Gasteiger partial charge in [0.2, 0.25) is 0 Å². The van der Waals surface area contributed by atoms with Crippen LogP contribution in [0, 0.1) is 0 Å². The van der Waals surface area contributed by atoms with Crippen molar-refractivity contribution in [3.63, 3.8) is 0 Å². The van der Waals surface area contributed by atoms with Crippen molar-refractivity contribution in [1.82, 2.24) is 9.80 Å². The van der Waals surface area contributed by atoms with E-state index in [1.165, 1.54) is 15.9 Å². The fraction of sp³-hybridized carbons (Fsp3) is 0.444. The summed E-state index contributed by atoms with van der Waals surface area (Å²) in [5, 5.41) is 0. The molecule has 7 heteroatoms. The Hall–Kier alpha value is -2.57. The number of halogens is 1. The minimum Gasteiger partial charge on any atom is -0.473 e. The smallest absolute Gasteiger partial charge is 0.413 e. The average molecular weight is 352 g/mol. The number of rotatable bonds is 6. The highest BCUT2D eigenvalue weighted by Crippen LogP contribution is 2.15. The van der Waals surface area contributed by atoms with Gasteiger partial charge in [-0.15, -0.1) is 0 Å². The molecule has 0 N–H and O–H groups in total. The lowest BCUT2D eigenvalue weighted by atomic mass is 10.2. The Kier molecular flexibility index (Phi) is 7.42. The predicted octanol–water partition coefficient (Wildman–Crippen LogP) is 3.45. The molecule has 0 atom stereocenters. The van der Waals surface area contributed by atoms with E-state index in [0.717, 1.165) is 0 Å². The lowest BCUT2D eigenvalue weighted by molar-refractivity contribution is 0.0129. The van der Waals surface area contributed by atoms with Crippen molar-refractivity contribution in [2.75, 3.05) is 27.4 Å². The maximum Gasteiger partial charge on any atom is 0.413 e. The molecule has 0 aromatic heterocycles. The van der Waals surface area contributed by atoms with Gasteiger partial charge in [-0.1, -0.05) is 0 Å². The van der Waals surface area contributed by atoms with Gasteiger partial charge in [0.15, 0.2) is 6.73 Å². The van der Waals surface area contributed by atoms with Crippen molar-refractivity contribution >= 4 is 12.0 Å². The second-order valence-electron chi connectivity index (χ2n) is 6.56. The first kappa shape index (κ1) is 20.5. The van der Waals surface area contributed by atoms with E-state index in [1.807, 2.05) is 0 Å². The van der Waals surface area contributed by atoms with Crippen molar-refractivity contribution in [3.8, 4) is 5.75 Å². The van der Waals surface area contributed by atoms with Crippen LogP contribution in [-0.2, 0) is 4.74 Å². The van der Waals surface area contributed by atoms with E-state index in [9.17, 15) is 14.0 Å². The first-order valence-corrected chi connectivity index (χ1v) is 7.81. The molecular formula is C18H25FN2O4. The number of amides is 2. The Morgan fingerprint density at radius 1 is 1.16 bits per heavy atom. The Morgan fingerprint density at radius 2 is 1.76 bits per heavy atom. The van der Waals surface area contributed by atoms with Gasteiger partial charge in [0.05, 0.1) is 6.33 Å². The van der Waals surface area contributed by atoms with E-state index in [1.54, 1.807) is 59.1 Å². The maximum atomic E-state index is 12.3. The van der Waals surface area contributed by atoms with Crippen LogP contribution in [0.2, 0.25) is 0 Å². The van der Waals surface area contributed by atoms with Gasteiger partial charge >= 0.3 is 6.09 Å². The number of carbonyl (C=O) groups is 2. The number of carbonyl (C=O) groups excluding carboxylic acids is 2. The highest BCUT2D eigenvalue weighted by atomic mass is 19.1. The lowest BCUT2D eigenvalue weighted by Crippen LogP contribution is -2.39. The Labute approximate surface area is 147 Å². The zero-order valence-corrected chi connectivity index (χ0v) is 15.3. The fourth-order valence-corrected chi connectivity index (χ4v) is 1.78. The van der Waals surface area contributed by atoms with Gasteiger partial charge in [0, 0.05) is 26.2 Å². The lowest BCUT2D eigenvalue weighted by Gasteiger charge is -2.26. The van der Waals surface area contributed by atoms with Crippen LogP contribution in [0.25, 0.3) is 0 Å². The quantitative estimate of drug-likeness (QED) is 0.736. The molecule has 0 saturated heterocycles. The number of benzene rings is 1. The van der Waals surface area contributed by atoms with Crippen molar-refractivity contribution in [2.24, 2.45) is 0 Å². The number of ether oxygens (including phenoxy) is 2. The third-order valence-corrected chi connectivity index (χ3v) is 2.96. The molecule has 0 bridgehead atoms. The van der Waals surface area contributed by atoms with Gasteiger partial charge in [0.1, 0.15) is 11.4 Å². The summed E-state index contributed by atoms with van der Waals surface area (Å²) in [6.45, 7) is 5.14. The van der Waals surface area contributed by atoms with Gasteiger partial charge in [-0.05, 0) is 51.1 Å². The third-order valence-electron chi connectivity index (χ3n) is 2.96. The molecule has 0 spiro atoms. The summed E-state index contributed by atoms with van der Waals surface area (Å²) < 4.78 is 23.1. The largest absolute Gasteiger partial charge is 0.473 e. The molecule has 1 aromatic rings. The second kappa shape index (κ2) is 9.05. The van der Waals surface area contributed by atoms with Crippen molar-refractivity contribution in [2.45, 2.75) is 26.4 Å². The first-order valence-electron chi connectivity index (χ1n) is 7.81.